The van der Waals surface area contributed by atoms with Crippen LogP contribution in [0.2, 0.25) is 0 Å². The lowest BCUT2D eigenvalue weighted by atomic mass is 9.78. The topological polar surface area (TPSA) is 85.1 Å². The van der Waals surface area contributed by atoms with Gasteiger partial charge < -0.3 is 14.9 Å². The monoisotopic (exact) mass is 369 g/mol. The van der Waals surface area contributed by atoms with Gasteiger partial charge in [-0.05, 0) is 31.9 Å². The quantitative estimate of drug-likeness (QED) is 0.862. The number of nitrogens with one attached hydrogen (secondary N) is 2. The summed E-state index contributed by atoms with van der Waals surface area (Å²) in [6.45, 7) is 5.75. The fraction of sp³-hybridized carbons (Fsp3) is 0.550. The fourth-order valence-electron chi connectivity index (χ4n) is 4.56. The lowest BCUT2D eigenvalue weighted by molar-refractivity contribution is 0.00630. The van der Waals surface area contributed by atoms with E-state index in [1.165, 1.54) is 36.5 Å². The van der Waals surface area contributed by atoms with Crippen molar-refractivity contribution in [3.8, 4) is 0 Å². The van der Waals surface area contributed by atoms with E-state index in [0.29, 0.717) is 18.7 Å². The van der Waals surface area contributed by atoms with Crippen molar-refractivity contribution in [1.29, 1.82) is 0 Å². The van der Waals surface area contributed by atoms with Gasteiger partial charge in [0.05, 0.1) is 23.1 Å². The van der Waals surface area contributed by atoms with Crippen LogP contribution in [0.25, 0.3) is 0 Å². The molecule has 0 aromatic carbocycles. The molecule has 2 aliphatic heterocycles. The fourth-order valence-corrected chi connectivity index (χ4v) is 4.56. The minimum absolute atomic E-state index is 0.0146. The Morgan fingerprint density at radius 3 is 2.74 bits per heavy atom. The van der Waals surface area contributed by atoms with Gasteiger partial charge in [-0.25, -0.2) is 4.98 Å². The molecule has 144 valence electrons. The van der Waals surface area contributed by atoms with Gasteiger partial charge >= 0.3 is 0 Å². The lowest BCUT2D eigenvalue weighted by Crippen LogP contribution is -2.57. The summed E-state index contributed by atoms with van der Waals surface area (Å²) in [6, 6.07) is 3.01. The number of H-pyrrole nitrogens is 2. The Hall–Kier alpha value is -2.41. The number of nitrogens with zero attached hydrogens (tertiary/aromatic N) is 3. The molecule has 0 bridgehead atoms. The Bertz CT molecular complexity index is 843. The summed E-state index contributed by atoms with van der Waals surface area (Å²) in [4.78, 5) is 39.1. The Labute approximate surface area is 158 Å². The molecule has 1 spiro atoms. The first-order valence-corrected chi connectivity index (χ1v) is 9.90. The first-order valence-electron chi connectivity index (χ1n) is 9.90. The average molecular weight is 369 g/mol. The van der Waals surface area contributed by atoms with Gasteiger partial charge in [-0.15, -0.1) is 0 Å². The molecule has 0 saturated carbocycles. The van der Waals surface area contributed by atoms with E-state index in [1.807, 2.05) is 11.2 Å². The molecular formula is C20H27N5O2. The third-order valence-electron chi connectivity index (χ3n) is 6.09. The SMILES string of the molecule is CCCCN1CCc2[nH]cnc2C12CCN(C(=O)c1ccc(=O)[nH]c1)CC2. The van der Waals surface area contributed by atoms with E-state index < -0.39 is 0 Å². The van der Waals surface area contributed by atoms with Crippen LogP contribution in [0.1, 0.15) is 54.4 Å². The number of amides is 1. The van der Waals surface area contributed by atoms with Crippen molar-refractivity contribution in [2.75, 3.05) is 26.2 Å². The molecule has 4 heterocycles. The van der Waals surface area contributed by atoms with Crippen molar-refractivity contribution in [3.63, 3.8) is 0 Å². The van der Waals surface area contributed by atoms with Crippen LogP contribution >= 0.6 is 0 Å². The van der Waals surface area contributed by atoms with Crippen LogP contribution < -0.4 is 5.56 Å². The second-order valence-electron chi connectivity index (χ2n) is 7.59. The summed E-state index contributed by atoms with van der Waals surface area (Å²) in [5.41, 5.74) is 2.72. The summed E-state index contributed by atoms with van der Waals surface area (Å²) in [7, 11) is 0. The number of fused-ring (bicyclic) bond motifs is 2. The van der Waals surface area contributed by atoms with Gasteiger partial charge in [0, 0.05) is 44.0 Å². The predicted molar refractivity (Wildman–Crippen MR) is 103 cm³/mol. The number of carbonyl (C=O) groups excluding carboxylic acids is 1. The Kier molecular flexibility index (Phi) is 4.86. The third kappa shape index (κ3) is 3.20. The Morgan fingerprint density at radius 1 is 1.22 bits per heavy atom. The molecule has 1 amide bonds. The molecule has 2 aromatic heterocycles. The highest BCUT2D eigenvalue weighted by molar-refractivity contribution is 5.93. The van der Waals surface area contributed by atoms with Gasteiger partial charge in [-0.2, -0.15) is 0 Å². The molecule has 7 heteroatoms. The second-order valence-corrected chi connectivity index (χ2v) is 7.59. The smallest absolute Gasteiger partial charge is 0.255 e. The van der Waals surface area contributed by atoms with Gasteiger partial charge in [0.15, 0.2) is 0 Å². The van der Waals surface area contributed by atoms with Gasteiger partial charge in [-0.1, -0.05) is 13.3 Å². The first kappa shape index (κ1) is 18.0. The number of piperidine rings is 1. The summed E-state index contributed by atoms with van der Waals surface area (Å²) >= 11 is 0. The average Bonchev–Trinajstić information content (AvgIpc) is 3.18. The van der Waals surface area contributed by atoms with E-state index in [4.69, 9.17) is 0 Å². The zero-order valence-electron chi connectivity index (χ0n) is 15.8. The maximum Gasteiger partial charge on any atom is 0.255 e. The minimum Gasteiger partial charge on any atom is -0.348 e. The molecule has 2 N–H and O–H groups in total. The van der Waals surface area contributed by atoms with Crippen LogP contribution in [-0.4, -0.2) is 56.8 Å². The van der Waals surface area contributed by atoms with Crippen LogP contribution in [-0.2, 0) is 12.0 Å². The molecule has 1 fully saturated rings. The number of rotatable bonds is 4. The predicted octanol–water partition coefficient (Wildman–Crippen LogP) is 1.89. The van der Waals surface area contributed by atoms with E-state index in [9.17, 15) is 9.59 Å². The van der Waals surface area contributed by atoms with Gasteiger partial charge in [-0.3, -0.25) is 14.5 Å². The van der Waals surface area contributed by atoms with Crippen LogP contribution in [0.4, 0.5) is 0 Å². The van der Waals surface area contributed by atoms with Crippen molar-refractivity contribution in [3.05, 3.63) is 52.0 Å². The zero-order chi connectivity index (χ0) is 18.9. The van der Waals surface area contributed by atoms with Gasteiger partial charge in [0.25, 0.3) is 5.91 Å². The van der Waals surface area contributed by atoms with Crippen LogP contribution in [0.3, 0.4) is 0 Å². The maximum atomic E-state index is 12.8. The summed E-state index contributed by atoms with van der Waals surface area (Å²) in [5, 5.41) is 0. The molecule has 2 aromatic rings. The Morgan fingerprint density at radius 2 is 2.04 bits per heavy atom. The number of aromatic amines is 2. The van der Waals surface area contributed by atoms with E-state index in [2.05, 4.69) is 26.8 Å². The van der Waals surface area contributed by atoms with E-state index in [-0.39, 0.29) is 17.0 Å². The highest BCUT2D eigenvalue weighted by Crippen LogP contribution is 2.42. The highest BCUT2D eigenvalue weighted by Gasteiger charge is 2.46. The van der Waals surface area contributed by atoms with Crippen molar-refractivity contribution < 1.29 is 4.79 Å². The maximum absolute atomic E-state index is 12.8. The molecule has 0 atom stereocenters. The molecular weight excluding hydrogens is 342 g/mol. The number of unbranched alkanes of at least 4 members (excludes halogenated alkanes) is 1. The van der Waals surface area contributed by atoms with E-state index >= 15 is 0 Å². The van der Waals surface area contributed by atoms with Crippen molar-refractivity contribution in [2.24, 2.45) is 0 Å². The van der Waals surface area contributed by atoms with Crippen LogP contribution in [0.15, 0.2) is 29.5 Å². The zero-order valence-corrected chi connectivity index (χ0v) is 15.8. The number of pyridine rings is 1. The number of likely N-dealkylation sites (tertiary alicyclic amines) is 1. The molecule has 0 unspecified atom stereocenters. The van der Waals surface area contributed by atoms with Crippen molar-refractivity contribution in [1.82, 2.24) is 24.8 Å². The van der Waals surface area contributed by atoms with E-state index in [0.717, 1.165) is 32.4 Å². The minimum atomic E-state index is -0.191. The summed E-state index contributed by atoms with van der Waals surface area (Å²) < 4.78 is 0. The normalized spacial score (nSPS) is 19.2. The molecule has 0 aliphatic carbocycles. The molecule has 1 saturated heterocycles. The highest BCUT2D eigenvalue weighted by atomic mass is 16.2. The Balaban J connectivity index is 1.54. The van der Waals surface area contributed by atoms with Gasteiger partial charge in [0.1, 0.15) is 0 Å². The number of carbonyl (C=O) groups is 1. The first-order chi connectivity index (χ1) is 13.1. The number of hydrogen-bond acceptors (Lipinski definition) is 4. The van der Waals surface area contributed by atoms with Crippen LogP contribution in [0, 0.1) is 0 Å². The summed E-state index contributed by atoms with van der Waals surface area (Å²) in [5.74, 6) is -0.0146. The van der Waals surface area contributed by atoms with Crippen LogP contribution in [0.5, 0.6) is 0 Å². The number of hydrogen-bond donors (Lipinski definition) is 2. The molecule has 0 radical (unpaired) electrons. The lowest BCUT2D eigenvalue weighted by Gasteiger charge is -2.50. The molecule has 27 heavy (non-hydrogen) atoms. The molecule has 2 aliphatic rings. The van der Waals surface area contributed by atoms with E-state index in [1.54, 1.807) is 6.07 Å². The number of aromatic nitrogens is 3. The van der Waals surface area contributed by atoms with Crippen molar-refractivity contribution in [2.45, 2.75) is 44.6 Å². The third-order valence-corrected chi connectivity index (χ3v) is 6.09. The molecule has 7 nitrogen and oxygen atoms in total. The van der Waals surface area contributed by atoms with Crippen molar-refractivity contribution >= 4 is 5.91 Å². The number of imidazole rings is 1. The van der Waals surface area contributed by atoms with Gasteiger partial charge in [0.2, 0.25) is 5.56 Å². The summed E-state index contributed by atoms with van der Waals surface area (Å²) in [6.07, 6.45) is 8.48. The molecule has 4 rings (SSSR count). The standard InChI is InChI=1S/C20H27N5O2/c1-2-3-9-25-10-6-16-18(23-14-22-16)20(25)7-11-24(12-8-20)19(27)15-4-5-17(26)21-13-15/h4-5,13-14H,2-3,6-12H2,1H3,(H,21,26)(H,22,23). The largest absolute Gasteiger partial charge is 0.348 e. The second kappa shape index (κ2) is 7.31.